The molecule has 1 aliphatic heterocycles. The minimum atomic E-state index is -1.40. The van der Waals surface area contributed by atoms with Crippen LogP contribution in [-0.2, 0) is 14.3 Å². The number of hydrogen-bond acceptors (Lipinski definition) is 10. The lowest BCUT2D eigenvalue weighted by Crippen LogP contribution is -2.43. The minimum absolute atomic E-state index is 0.280. The molecular formula is C12H19N5O7. The molecule has 0 bridgehead atoms. The van der Waals surface area contributed by atoms with Crippen LogP contribution in [0.4, 0.5) is 0 Å². The van der Waals surface area contributed by atoms with Gasteiger partial charge in [-0.2, -0.15) is 0 Å². The van der Waals surface area contributed by atoms with E-state index in [1.807, 2.05) is 0 Å². The summed E-state index contributed by atoms with van der Waals surface area (Å²) in [6.07, 6.45) is -4.98. The first-order valence-corrected chi connectivity index (χ1v) is 7.05. The zero-order valence-electron chi connectivity index (χ0n) is 12.7. The Kier molecular flexibility index (Phi) is 5.46. The van der Waals surface area contributed by atoms with Gasteiger partial charge in [0.2, 0.25) is 5.82 Å². The third kappa shape index (κ3) is 3.68. The number of carbonyl (C=O) groups is 2. The van der Waals surface area contributed by atoms with Gasteiger partial charge in [-0.15, -0.1) is 5.10 Å². The van der Waals surface area contributed by atoms with Gasteiger partial charge in [0.05, 0.1) is 6.10 Å². The predicted molar refractivity (Wildman–Crippen MR) is 75.1 cm³/mol. The van der Waals surface area contributed by atoms with E-state index in [2.05, 4.69) is 10.1 Å². The summed E-state index contributed by atoms with van der Waals surface area (Å²) >= 11 is 0. The highest BCUT2D eigenvalue weighted by Gasteiger charge is 2.45. The molecule has 1 amide bonds. The number of rotatable bonds is 6. The Morgan fingerprint density at radius 3 is 2.67 bits per heavy atom. The van der Waals surface area contributed by atoms with Crippen LogP contribution in [-0.4, -0.2) is 79.0 Å². The number of aromatic nitrogens is 3. The first-order valence-electron chi connectivity index (χ1n) is 7.05. The second kappa shape index (κ2) is 7.19. The average Bonchev–Trinajstić information content (AvgIpc) is 3.11. The van der Waals surface area contributed by atoms with Crippen molar-refractivity contribution in [2.45, 2.75) is 43.6 Å². The molecule has 6 atom stereocenters. The lowest BCUT2D eigenvalue weighted by molar-refractivity contribution is -0.154. The smallest absolute Gasteiger partial charge is 0.325 e. The number of hydrogen-bond donors (Lipinski definition) is 5. The first kappa shape index (κ1) is 18.2. The SMILES string of the molecule is C[C@H](O)[C@H](N)C(=O)OC[C@H]1O[C@@H](n2cnc(C(N)=O)n2)[C@H](O)[C@@H]1O. The third-order valence-corrected chi connectivity index (χ3v) is 3.51. The molecule has 1 aromatic rings. The van der Waals surface area contributed by atoms with Gasteiger partial charge in [0, 0.05) is 0 Å². The van der Waals surface area contributed by atoms with Crippen LogP contribution in [0.1, 0.15) is 23.8 Å². The molecule has 2 rings (SSSR count). The maximum absolute atomic E-state index is 11.6. The van der Waals surface area contributed by atoms with Crippen molar-refractivity contribution >= 4 is 11.9 Å². The lowest BCUT2D eigenvalue weighted by Gasteiger charge is -2.17. The minimum Gasteiger partial charge on any atom is -0.462 e. The fourth-order valence-electron chi connectivity index (χ4n) is 2.05. The molecule has 2 heterocycles. The summed E-state index contributed by atoms with van der Waals surface area (Å²) in [6.45, 7) is 0.930. The molecule has 7 N–H and O–H groups in total. The van der Waals surface area contributed by atoms with Crippen LogP contribution in [0.5, 0.6) is 0 Å². The number of ether oxygens (including phenoxy) is 2. The number of amides is 1. The first-order chi connectivity index (χ1) is 11.2. The molecule has 1 aromatic heterocycles. The number of primary amides is 1. The molecule has 134 valence electrons. The highest BCUT2D eigenvalue weighted by Crippen LogP contribution is 2.29. The number of aliphatic hydroxyl groups excluding tert-OH is 3. The van der Waals surface area contributed by atoms with E-state index in [9.17, 15) is 24.9 Å². The molecule has 1 fully saturated rings. The van der Waals surface area contributed by atoms with Gasteiger partial charge in [0.1, 0.15) is 37.3 Å². The average molecular weight is 345 g/mol. The summed E-state index contributed by atoms with van der Waals surface area (Å²) in [5.74, 6) is -2.02. The predicted octanol–water partition coefficient (Wildman–Crippen LogP) is -3.75. The van der Waals surface area contributed by atoms with Crippen molar-refractivity contribution in [3.63, 3.8) is 0 Å². The van der Waals surface area contributed by atoms with Crippen molar-refractivity contribution in [2.75, 3.05) is 6.61 Å². The summed E-state index contributed by atoms with van der Waals surface area (Å²) in [5, 5.41) is 32.9. The van der Waals surface area contributed by atoms with Crippen molar-refractivity contribution < 1.29 is 34.4 Å². The van der Waals surface area contributed by atoms with Crippen LogP contribution >= 0.6 is 0 Å². The van der Waals surface area contributed by atoms with E-state index < -0.39 is 55.2 Å². The summed E-state index contributed by atoms with van der Waals surface area (Å²) in [6, 6.07) is -1.24. The number of nitrogens with two attached hydrogens (primary N) is 2. The molecule has 0 saturated carbocycles. The molecule has 0 spiro atoms. The third-order valence-electron chi connectivity index (χ3n) is 3.51. The summed E-state index contributed by atoms with van der Waals surface area (Å²) in [5.41, 5.74) is 10.4. The summed E-state index contributed by atoms with van der Waals surface area (Å²) in [4.78, 5) is 26.2. The van der Waals surface area contributed by atoms with Crippen molar-refractivity contribution in [3.8, 4) is 0 Å². The monoisotopic (exact) mass is 345 g/mol. The van der Waals surface area contributed by atoms with Crippen molar-refractivity contribution in [3.05, 3.63) is 12.2 Å². The zero-order valence-corrected chi connectivity index (χ0v) is 12.7. The van der Waals surface area contributed by atoms with Crippen LogP contribution < -0.4 is 11.5 Å². The Morgan fingerprint density at radius 1 is 1.46 bits per heavy atom. The topological polar surface area (TPSA) is 196 Å². The standard InChI is InChI=1S/C12H19N5O7/c1-4(18)6(13)12(22)23-2-5-7(19)8(20)11(24-5)17-3-15-10(16-17)9(14)21/h3-8,11,18-20H,2,13H2,1H3,(H2,14,21)/t4-,5+,6-,7+,8+,11+/m0/s1. The number of aliphatic hydroxyl groups is 3. The maximum Gasteiger partial charge on any atom is 0.325 e. The van der Waals surface area contributed by atoms with E-state index in [-0.39, 0.29) is 5.82 Å². The fraction of sp³-hybridized carbons (Fsp3) is 0.667. The number of carbonyl (C=O) groups excluding carboxylic acids is 2. The van der Waals surface area contributed by atoms with Crippen LogP contribution in [0, 0.1) is 0 Å². The second-order valence-corrected chi connectivity index (χ2v) is 5.36. The van der Waals surface area contributed by atoms with Gasteiger partial charge in [-0.25, -0.2) is 9.67 Å². The normalized spacial score (nSPS) is 29.2. The van der Waals surface area contributed by atoms with E-state index in [1.54, 1.807) is 0 Å². The van der Waals surface area contributed by atoms with Gasteiger partial charge in [-0.3, -0.25) is 9.59 Å². The van der Waals surface area contributed by atoms with Gasteiger partial charge in [0.25, 0.3) is 5.91 Å². The fourth-order valence-corrected chi connectivity index (χ4v) is 2.05. The molecular weight excluding hydrogens is 326 g/mol. The van der Waals surface area contributed by atoms with Crippen LogP contribution in [0.15, 0.2) is 6.33 Å². The number of nitrogens with zero attached hydrogens (tertiary/aromatic N) is 3. The molecule has 1 aliphatic rings. The van der Waals surface area contributed by atoms with Gasteiger partial charge in [-0.1, -0.05) is 0 Å². The van der Waals surface area contributed by atoms with E-state index in [1.165, 1.54) is 6.92 Å². The highest BCUT2D eigenvalue weighted by atomic mass is 16.6. The van der Waals surface area contributed by atoms with Crippen LogP contribution in [0.3, 0.4) is 0 Å². The Morgan fingerprint density at radius 2 is 2.12 bits per heavy atom. The second-order valence-electron chi connectivity index (χ2n) is 5.36. The van der Waals surface area contributed by atoms with Crippen molar-refractivity contribution in [1.29, 1.82) is 0 Å². The van der Waals surface area contributed by atoms with Gasteiger partial charge < -0.3 is 36.3 Å². The molecule has 24 heavy (non-hydrogen) atoms. The Hall–Kier alpha value is -2.12. The maximum atomic E-state index is 11.6. The van der Waals surface area contributed by atoms with Gasteiger partial charge >= 0.3 is 5.97 Å². The largest absolute Gasteiger partial charge is 0.462 e. The molecule has 12 nitrogen and oxygen atoms in total. The van der Waals surface area contributed by atoms with E-state index in [4.69, 9.17) is 20.9 Å². The van der Waals surface area contributed by atoms with Gasteiger partial charge in [-0.05, 0) is 6.92 Å². The summed E-state index contributed by atoms with van der Waals surface area (Å²) in [7, 11) is 0. The van der Waals surface area contributed by atoms with E-state index >= 15 is 0 Å². The molecule has 0 unspecified atom stereocenters. The number of esters is 1. The summed E-state index contributed by atoms with van der Waals surface area (Å²) < 4.78 is 11.3. The molecule has 0 aromatic carbocycles. The Labute approximate surface area is 136 Å². The van der Waals surface area contributed by atoms with Gasteiger partial charge in [0.15, 0.2) is 6.23 Å². The quantitative estimate of drug-likeness (QED) is 0.319. The zero-order chi connectivity index (χ0) is 18.0. The van der Waals surface area contributed by atoms with Crippen LogP contribution in [0.25, 0.3) is 0 Å². The lowest BCUT2D eigenvalue weighted by atomic mass is 10.1. The van der Waals surface area contributed by atoms with Crippen LogP contribution in [0.2, 0.25) is 0 Å². The molecule has 0 aliphatic carbocycles. The van der Waals surface area contributed by atoms with Crippen molar-refractivity contribution in [2.24, 2.45) is 11.5 Å². The highest BCUT2D eigenvalue weighted by molar-refractivity contribution is 5.88. The molecule has 0 radical (unpaired) electrons. The van der Waals surface area contributed by atoms with E-state index in [0.717, 1.165) is 11.0 Å². The van der Waals surface area contributed by atoms with Crippen molar-refractivity contribution in [1.82, 2.24) is 14.8 Å². The Balaban J connectivity index is 1.99. The Bertz CT molecular complexity index is 606. The molecule has 1 saturated heterocycles. The van der Waals surface area contributed by atoms with E-state index in [0.29, 0.717) is 0 Å². The molecule has 12 heteroatoms.